The van der Waals surface area contributed by atoms with Crippen molar-refractivity contribution in [1.82, 2.24) is 9.80 Å². The Labute approximate surface area is 135 Å². The number of piperazine rings is 1. The molecular formula is C18H34N2O2. The summed E-state index contributed by atoms with van der Waals surface area (Å²) in [4.78, 5) is 5.05. The quantitative estimate of drug-likeness (QED) is 0.766. The van der Waals surface area contributed by atoms with Gasteiger partial charge in [0.25, 0.3) is 0 Å². The van der Waals surface area contributed by atoms with Crippen LogP contribution in [-0.4, -0.2) is 70.5 Å². The van der Waals surface area contributed by atoms with Crippen molar-refractivity contribution in [2.24, 2.45) is 0 Å². The highest BCUT2D eigenvalue weighted by molar-refractivity contribution is 4.89. The van der Waals surface area contributed by atoms with E-state index in [1.54, 1.807) is 0 Å². The molecule has 1 saturated heterocycles. The van der Waals surface area contributed by atoms with Crippen molar-refractivity contribution in [2.45, 2.75) is 88.5 Å². The third-order valence-corrected chi connectivity index (χ3v) is 6.17. The number of rotatable bonds is 2. The van der Waals surface area contributed by atoms with Crippen LogP contribution in [0.1, 0.15) is 64.2 Å². The van der Waals surface area contributed by atoms with Crippen LogP contribution in [0.25, 0.3) is 0 Å². The Morgan fingerprint density at radius 2 is 0.864 bits per heavy atom. The lowest BCUT2D eigenvalue weighted by atomic mass is 10.0. The van der Waals surface area contributed by atoms with Crippen LogP contribution in [-0.2, 0) is 0 Å². The van der Waals surface area contributed by atoms with E-state index in [1.807, 2.05) is 0 Å². The summed E-state index contributed by atoms with van der Waals surface area (Å²) in [6.45, 7) is 4.24. The highest BCUT2D eigenvalue weighted by Gasteiger charge is 2.33. The van der Waals surface area contributed by atoms with Crippen molar-refractivity contribution in [3.8, 4) is 0 Å². The monoisotopic (exact) mass is 310 g/mol. The van der Waals surface area contributed by atoms with E-state index in [0.29, 0.717) is 12.1 Å². The summed E-state index contributed by atoms with van der Waals surface area (Å²) in [6, 6.07) is 0.757. The second-order valence-corrected chi connectivity index (χ2v) is 7.62. The first-order valence-corrected chi connectivity index (χ1v) is 9.60. The number of hydrogen-bond donors (Lipinski definition) is 2. The van der Waals surface area contributed by atoms with E-state index in [0.717, 1.165) is 51.9 Å². The first-order valence-electron chi connectivity index (χ1n) is 9.60. The number of aliphatic hydroxyl groups is 2. The molecule has 0 aromatic heterocycles. The molecule has 0 amide bonds. The molecule has 4 unspecified atom stereocenters. The Balaban J connectivity index is 1.53. The van der Waals surface area contributed by atoms with Gasteiger partial charge in [0.1, 0.15) is 0 Å². The molecule has 0 radical (unpaired) electrons. The van der Waals surface area contributed by atoms with E-state index in [-0.39, 0.29) is 12.2 Å². The zero-order chi connectivity index (χ0) is 15.4. The van der Waals surface area contributed by atoms with Crippen molar-refractivity contribution in [1.29, 1.82) is 0 Å². The fourth-order valence-corrected chi connectivity index (χ4v) is 4.79. The van der Waals surface area contributed by atoms with Gasteiger partial charge in [-0.1, -0.05) is 38.5 Å². The van der Waals surface area contributed by atoms with E-state index < -0.39 is 0 Å². The van der Waals surface area contributed by atoms with Gasteiger partial charge >= 0.3 is 0 Å². The first kappa shape index (κ1) is 16.7. The molecule has 4 nitrogen and oxygen atoms in total. The minimum absolute atomic E-state index is 0.127. The highest BCUT2D eigenvalue weighted by Crippen LogP contribution is 2.26. The predicted molar refractivity (Wildman–Crippen MR) is 88.9 cm³/mol. The molecule has 22 heavy (non-hydrogen) atoms. The minimum Gasteiger partial charge on any atom is -0.391 e. The molecule has 1 aliphatic heterocycles. The largest absolute Gasteiger partial charge is 0.391 e. The third-order valence-electron chi connectivity index (χ3n) is 6.17. The number of nitrogens with zero attached hydrogens (tertiary/aromatic N) is 2. The second-order valence-electron chi connectivity index (χ2n) is 7.62. The zero-order valence-electron chi connectivity index (χ0n) is 14.0. The van der Waals surface area contributed by atoms with Crippen molar-refractivity contribution in [3.63, 3.8) is 0 Å². The van der Waals surface area contributed by atoms with Gasteiger partial charge in [-0.15, -0.1) is 0 Å². The molecule has 3 aliphatic rings. The third kappa shape index (κ3) is 4.02. The minimum atomic E-state index is -0.127. The lowest BCUT2D eigenvalue weighted by Gasteiger charge is -2.44. The predicted octanol–water partition coefficient (Wildman–Crippen LogP) is 1.99. The molecule has 0 aromatic carbocycles. The standard InChI is InChI=1S/C18H34N2O2/c21-17-9-5-1-3-7-15(17)19-11-13-20(14-12-19)16-8-4-2-6-10-18(16)22/h15-18,21-22H,1-14H2. The first-order chi connectivity index (χ1) is 10.8. The fraction of sp³-hybridized carbons (Fsp3) is 1.00. The molecule has 2 N–H and O–H groups in total. The van der Waals surface area contributed by atoms with Gasteiger partial charge in [-0.05, 0) is 25.7 Å². The topological polar surface area (TPSA) is 46.9 Å². The Kier molecular flexibility index (Phi) is 6.14. The van der Waals surface area contributed by atoms with Gasteiger partial charge in [-0.25, -0.2) is 0 Å². The van der Waals surface area contributed by atoms with Crippen molar-refractivity contribution < 1.29 is 10.2 Å². The van der Waals surface area contributed by atoms with E-state index >= 15 is 0 Å². The van der Waals surface area contributed by atoms with Gasteiger partial charge in [0.05, 0.1) is 12.2 Å². The lowest BCUT2D eigenvalue weighted by Crippen LogP contribution is -2.57. The van der Waals surface area contributed by atoms with Crippen LogP contribution < -0.4 is 0 Å². The maximum atomic E-state index is 10.4. The molecule has 0 spiro atoms. The summed E-state index contributed by atoms with van der Waals surface area (Å²) < 4.78 is 0. The van der Waals surface area contributed by atoms with Crippen LogP contribution in [0.15, 0.2) is 0 Å². The SMILES string of the molecule is OC1CCCCCC1N1CCN(C2CCCCCC2O)CC1. The molecule has 128 valence electrons. The van der Waals surface area contributed by atoms with Gasteiger partial charge in [0.2, 0.25) is 0 Å². The number of aliphatic hydroxyl groups excluding tert-OH is 2. The van der Waals surface area contributed by atoms with Gasteiger partial charge in [0, 0.05) is 38.3 Å². The Bertz CT molecular complexity index is 299. The zero-order valence-corrected chi connectivity index (χ0v) is 14.0. The summed E-state index contributed by atoms with van der Waals surface area (Å²) in [5.74, 6) is 0. The van der Waals surface area contributed by atoms with Crippen LogP contribution in [0.2, 0.25) is 0 Å². The highest BCUT2D eigenvalue weighted by atomic mass is 16.3. The van der Waals surface area contributed by atoms with E-state index in [2.05, 4.69) is 9.80 Å². The molecular weight excluding hydrogens is 276 g/mol. The molecule has 2 aliphatic carbocycles. The summed E-state index contributed by atoms with van der Waals surface area (Å²) in [5.41, 5.74) is 0. The van der Waals surface area contributed by atoms with Gasteiger partial charge < -0.3 is 10.2 Å². The Hall–Kier alpha value is -0.160. The summed E-state index contributed by atoms with van der Waals surface area (Å²) in [5, 5.41) is 20.8. The molecule has 0 aromatic rings. The normalized spacial score (nSPS) is 40.1. The van der Waals surface area contributed by atoms with E-state index in [4.69, 9.17) is 0 Å². The lowest BCUT2D eigenvalue weighted by molar-refractivity contribution is -0.0189. The van der Waals surface area contributed by atoms with Gasteiger partial charge in [-0.2, -0.15) is 0 Å². The summed E-state index contributed by atoms with van der Waals surface area (Å²) in [6.07, 6.45) is 11.5. The molecule has 1 heterocycles. The van der Waals surface area contributed by atoms with Crippen LogP contribution in [0.5, 0.6) is 0 Å². The molecule has 2 saturated carbocycles. The van der Waals surface area contributed by atoms with Gasteiger partial charge in [-0.3, -0.25) is 9.80 Å². The Morgan fingerprint density at radius 1 is 0.500 bits per heavy atom. The van der Waals surface area contributed by atoms with Crippen LogP contribution in [0.3, 0.4) is 0 Å². The summed E-state index contributed by atoms with van der Waals surface area (Å²) >= 11 is 0. The average molecular weight is 310 g/mol. The maximum Gasteiger partial charge on any atom is 0.0695 e. The second kappa shape index (κ2) is 8.09. The summed E-state index contributed by atoms with van der Waals surface area (Å²) in [7, 11) is 0. The van der Waals surface area contributed by atoms with Crippen molar-refractivity contribution in [2.75, 3.05) is 26.2 Å². The average Bonchev–Trinajstić information content (AvgIpc) is 2.88. The Morgan fingerprint density at radius 3 is 1.27 bits per heavy atom. The van der Waals surface area contributed by atoms with Crippen molar-refractivity contribution >= 4 is 0 Å². The smallest absolute Gasteiger partial charge is 0.0695 e. The van der Waals surface area contributed by atoms with E-state index in [9.17, 15) is 10.2 Å². The molecule has 4 atom stereocenters. The fourth-order valence-electron chi connectivity index (χ4n) is 4.79. The molecule has 4 heteroatoms. The molecule has 3 fully saturated rings. The molecule has 0 bridgehead atoms. The maximum absolute atomic E-state index is 10.4. The van der Waals surface area contributed by atoms with E-state index in [1.165, 1.54) is 38.5 Å². The van der Waals surface area contributed by atoms with Gasteiger partial charge in [0.15, 0.2) is 0 Å². The van der Waals surface area contributed by atoms with Crippen LogP contribution >= 0.6 is 0 Å². The molecule has 3 rings (SSSR count). The number of hydrogen-bond acceptors (Lipinski definition) is 4. The van der Waals surface area contributed by atoms with Crippen LogP contribution in [0, 0.1) is 0 Å². The van der Waals surface area contributed by atoms with Crippen LogP contribution in [0.4, 0.5) is 0 Å². The van der Waals surface area contributed by atoms with Crippen molar-refractivity contribution in [3.05, 3.63) is 0 Å².